The SMILES string of the molecule is O=C(CN1C(=O)S/C(=C\c2ccccc2)C1=O)Nc1ccc(O)cc1. The van der Waals surface area contributed by atoms with Crippen LogP contribution in [0, 0.1) is 0 Å². The number of aromatic hydroxyl groups is 1. The molecule has 2 N–H and O–H groups in total. The zero-order valence-electron chi connectivity index (χ0n) is 13.0. The standard InChI is InChI=1S/C18H14N2O4S/c21-14-8-6-13(7-9-14)19-16(22)11-20-17(23)15(25-18(20)24)10-12-4-2-1-3-5-12/h1-10,21H,11H2,(H,19,22)/b15-10-. The van der Waals surface area contributed by atoms with E-state index in [0.717, 1.165) is 22.2 Å². The molecular weight excluding hydrogens is 340 g/mol. The maximum Gasteiger partial charge on any atom is 0.294 e. The first-order chi connectivity index (χ1) is 12.0. The summed E-state index contributed by atoms with van der Waals surface area (Å²) in [6, 6.07) is 15.1. The lowest BCUT2D eigenvalue weighted by atomic mass is 10.2. The van der Waals surface area contributed by atoms with Gasteiger partial charge in [-0.15, -0.1) is 0 Å². The number of imide groups is 1. The van der Waals surface area contributed by atoms with E-state index in [4.69, 9.17) is 0 Å². The molecule has 1 fully saturated rings. The van der Waals surface area contributed by atoms with Gasteiger partial charge in [0.1, 0.15) is 12.3 Å². The summed E-state index contributed by atoms with van der Waals surface area (Å²) in [7, 11) is 0. The van der Waals surface area contributed by atoms with Crippen LogP contribution in [-0.2, 0) is 9.59 Å². The molecule has 2 aromatic rings. The predicted molar refractivity (Wildman–Crippen MR) is 95.9 cm³/mol. The molecule has 2 aromatic carbocycles. The number of amides is 3. The molecule has 3 amide bonds. The number of carbonyl (C=O) groups excluding carboxylic acids is 3. The number of nitrogens with zero attached hydrogens (tertiary/aromatic N) is 1. The first-order valence-corrected chi connectivity index (χ1v) is 8.24. The van der Waals surface area contributed by atoms with Gasteiger partial charge in [0.15, 0.2) is 0 Å². The molecule has 25 heavy (non-hydrogen) atoms. The molecule has 7 heteroatoms. The minimum Gasteiger partial charge on any atom is -0.508 e. The van der Waals surface area contributed by atoms with Gasteiger partial charge in [-0.1, -0.05) is 30.3 Å². The van der Waals surface area contributed by atoms with E-state index >= 15 is 0 Å². The molecule has 1 aliphatic heterocycles. The van der Waals surface area contributed by atoms with Crippen LogP contribution in [-0.4, -0.2) is 33.6 Å². The quantitative estimate of drug-likeness (QED) is 0.651. The van der Waals surface area contributed by atoms with Crippen LogP contribution in [0.15, 0.2) is 59.5 Å². The topological polar surface area (TPSA) is 86.7 Å². The monoisotopic (exact) mass is 354 g/mol. The molecule has 0 radical (unpaired) electrons. The van der Waals surface area contributed by atoms with E-state index in [0.29, 0.717) is 5.69 Å². The first kappa shape index (κ1) is 16.8. The van der Waals surface area contributed by atoms with E-state index in [1.165, 1.54) is 24.3 Å². The Morgan fingerprint density at radius 3 is 2.44 bits per heavy atom. The molecule has 1 aliphatic rings. The van der Waals surface area contributed by atoms with Crippen molar-refractivity contribution in [1.29, 1.82) is 0 Å². The molecule has 0 saturated carbocycles. The number of hydrogen-bond acceptors (Lipinski definition) is 5. The number of anilines is 1. The van der Waals surface area contributed by atoms with Crippen LogP contribution in [0.25, 0.3) is 6.08 Å². The van der Waals surface area contributed by atoms with Crippen molar-refractivity contribution in [2.45, 2.75) is 0 Å². The van der Waals surface area contributed by atoms with Gasteiger partial charge < -0.3 is 10.4 Å². The second kappa shape index (κ2) is 7.23. The molecule has 126 valence electrons. The molecule has 1 saturated heterocycles. The van der Waals surface area contributed by atoms with Crippen molar-refractivity contribution in [3.8, 4) is 5.75 Å². The van der Waals surface area contributed by atoms with Gasteiger partial charge >= 0.3 is 0 Å². The van der Waals surface area contributed by atoms with Crippen molar-refractivity contribution in [2.24, 2.45) is 0 Å². The average Bonchev–Trinajstić information content (AvgIpc) is 2.85. The molecule has 0 spiro atoms. The van der Waals surface area contributed by atoms with Crippen molar-refractivity contribution in [1.82, 2.24) is 4.90 Å². The Kier molecular flexibility index (Phi) is 4.85. The van der Waals surface area contributed by atoms with Crippen molar-refractivity contribution < 1.29 is 19.5 Å². The highest BCUT2D eigenvalue weighted by molar-refractivity contribution is 8.18. The number of hydrogen-bond donors (Lipinski definition) is 2. The molecule has 0 aromatic heterocycles. The highest BCUT2D eigenvalue weighted by Crippen LogP contribution is 2.32. The van der Waals surface area contributed by atoms with E-state index in [1.807, 2.05) is 30.3 Å². The molecule has 0 atom stereocenters. The summed E-state index contributed by atoms with van der Waals surface area (Å²) >= 11 is 0.812. The third kappa shape index (κ3) is 4.07. The first-order valence-electron chi connectivity index (χ1n) is 7.42. The van der Waals surface area contributed by atoms with Gasteiger partial charge in [0.2, 0.25) is 5.91 Å². The fourth-order valence-electron chi connectivity index (χ4n) is 2.23. The third-order valence-electron chi connectivity index (χ3n) is 3.42. The minimum atomic E-state index is -0.492. The maximum absolute atomic E-state index is 12.4. The van der Waals surface area contributed by atoms with Crippen LogP contribution in [0.5, 0.6) is 5.75 Å². The number of carbonyl (C=O) groups is 3. The molecule has 1 heterocycles. The summed E-state index contributed by atoms with van der Waals surface area (Å²) in [5.74, 6) is -0.899. The van der Waals surface area contributed by atoms with E-state index in [2.05, 4.69) is 5.32 Å². The third-order valence-corrected chi connectivity index (χ3v) is 4.33. The number of phenols is 1. The molecule has 0 unspecified atom stereocenters. The van der Waals surface area contributed by atoms with Gasteiger partial charge in [-0.2, -0.15) is 0 Å². The molecule has 0 aliphatic carbocycles. The van der Waals surface area contributed by atoms with Crippen LogP contribution in [0.4, 0.5) is 10.5 Å². The van der Waals surface area contributed by atoms with E-state index in [-0.39, 0.29) is 17.2 Å². The number of nitrogens with one attached hydrogen (secondary N) is 1. The van der Waals surface area contributed by atoms with Crippen LogP contribution in [0.3, 0.4) is 0 Å². The number of phenolic OH excluding ortho intramolecular Hbond substituents is 1. The summed E-state index contributed by atoms with van der Waals surface area (Å²) in [6.45, 7) is -0.363. The van der Waals surface area contributed by atoms with Gasteiger partial charge in [0.05, 0.1) is 4.91 Å². The van der Waals surface area contributed by atoms with Gasteiger partial charge in [-0.25, -0.2) is 0 Å². The van der Waals surface area contributed by atoms with Gasteiger partial charge in [-0.05, 0) is 47.7 Å². The van der Waals surface area contributed by atoms with E-state index in [9.17, 15) is 19.5 Å². The Morgan fingerprint density at radius 1 is 1.08 bits per heavy atom. The van der Waals surface area contributed by atoms with Crippen molar-refractivity contribution >= 4 is 40.6 Å². The summed E-state index contributed by atoms with van der Waals surface area (Å²) in [4.78, 5) is 37.6. The largest absolute Gasteiger partial charge is 0.508 e. The summed E-state index contributed by atoms with van der Waals surface area (Å²) < 4.78 is 0. The normalized spacial score (nSPS) is 15.7. The second-order valence-corrected chi connectivity index (χ2v) is 6.27. The number of benzene rings is 2. The highest BCUT2D eigenvalue weighted by atomic mass is 32.2. The molecule has 3 rings (SSSR count). The summed E-state index contributed by atoms with van der Waals surface area (Å²) in [5, 5.41) is 11.3. The Labute approximate surface area is 148 Å². The van der Waals surface area contributed by atoms with Crippen LogP contribution in [0.2, 0.25) is 0 Å². The van der Waals surface area contributed by atoms with Crippen LogP contribution >= 0.6 is 11.8 Å². The van der Waals surface area contributed by atoms with Crippen molar-refractivity contribution in [2.75, 3.05) is 11.9 Å². The molecular formula is C18H14N2O4S. The smallest absolute Gasteiger partial charge is 0.294 e. The lowest BCUT2D eigenvalue weighted by molar-refractivity contribution is -0.127. The lowest BCUT2D eigenvalue weighted by Gasteiger charge is -2.12. The lowest BCUT2D eigenvalue weighted by Crippen LogP contribution is -2.36. The zero-order valence-corrected chi connectivity index (χ0v) is 13.8. The van der Waals surface area contributed by atoms with Crippen LogP contribution < -0.4 is 5.32 Å². The Hall–Kier alpha value is -3.06. The Balaban J connectivity index is 1.67. The Morgan fingerprint density at radius 2 is 1.76 bits per heavy atom. The predicted octanol–water partition coefficient (Wildman–Crippen LogP) is 3.07. The Bertz CT molecular complexity index is 847. The molecule has 0 bridgehead atoms. The highest BCUT2D eigenvalue weighted by Gasteiger charge is 2.36. The van der Waals surface area contributed by atoms with Gasteiger partial charge in [-0.3, -0.25) is 19.3 Å². The zero-order chi connectivity index (χ0) is 17.8. The fraction of sp³-hybridized carbons (Fsp3) is 0.0556. The number of thioether (sulfide) groups is 1. The number of rotatable bonds is 4. The second-order valence-electron chi connectivity index (χ2n) is 5.27. The average molecular weight is 354 g/mol. The van der Waals surface area contributed by atoms with Crippen molar-refractivity contribution in [3.05, 3.63) is 65.1 Å². The summed E-state index contributed by atoms with van der Waals surface area (Å²) in [5.41, 5.74) is 1.27. The van der Waals surface area contributed by atoms with Crippen LogP contribution in [0.1, 0.15) is 5.56 Å². The molecule has 6 nitrogen and oxygen atoms in total. The maximum atomic E-state index is 12.4. The minimum absolute atomic E-state index is 0.0787. The summed E-state index contributed by atoms with van der Waals surface area (Å²) in [6.07, 6.45) is 1.63. The van der Waals surface area contributed by atoms with Crippen molar-refractivity contribution in [3.63, 3.8) is 0 Å². The van der Waals surface area contributed by atoms with E-state index in [1.54, 1.807) is 6.08 Å². The fourth-order valence-corrected chi connectivity index (χ4v) is 3.06. The van der Waals surface area contributed by atoms with E-state index < -0.39 is 17.1 Å². The van der Waals surface area contributed by atoms with Gasteiger partial charge in [0.25, 0.3) is 11.1 Å². The van der Waals surface area contributed by atoms with Gasteiger partial charge in [0, 0.05) is 5.69 Å².